The average molecular weight is 487 g/mol. The Morgan fingerprint density at radius 2 is 1.83 bits per heavy atom. The summed E-state index contributed by atoms with van der Waals surface area (Å²) in [5.74, 6) is -1.86. The highest BCUT2D eigenvalue weighted by Gasteiger charge is 2.33. The molecule has 0 bridgehead atoms. The zero-order valence-corrected chi connectivity index (χ0v) is 20.1. The van der Waals surface area contributed by atoms with E-state index in [2.05, 4.69) is 10.6 Å². The van der Waals surface area contributed by atoms with Gasteiger partial charge in [0.15, 0.2) is 0 Å². The molecule has 1 aliphatic rings. The van der Waals surface area contributed by atoms with Crippen LogP contribution in [0.4, 0.5) is 19.3 Å². The molecule has 0 aliphatic carbocycles. The SMILES string of the molecule is CCCCC(=O)N1CCN(C(=O)C(Cc2ccccc2)NC(=O)Nc2ccc(F)cc2F)CC1C. The van der Waals surface area contributed by atoms with E-state index in [9.17, 15) is 23.2 Å². The Hall–Kier alpha value is -3.49. The van der Waals surface area contributed by atoms with Crippen LogP contribution in [0.2, 0.25) is 0 Å². The number of carbonyl (C=O) groups is 3. The maximum Gasteiger partial charge on any atom is 0.319 e. The Bertz CT molecular complexity index is 1030. The Labute approximate surface area is 204 Å². The number of carbonyl (C=O) groups excluding carboxylic acids is 3. The van der Waals surface area contributed by atoms with Crippen LogP contribution >= 0.6 is 0 Å². The van der Waals surface area contributed by atoms with Gasteiger partial charge in [0, 0.05) is 44.6 Å². The van der Waals surface area contributed by atoms with E-state index in [-0.39, 0.29) is 30.0 Å². The van der Waals surface area contributed by atoms with Crippen LogP contribution in [0.15, 0.2) is 48.5 Å². The maximum absolute atomic E-state index is 14.0. The molecule has 2 unspecified atom stereocenters. The Morgan fingerprint density at radius 3 is 2.49 bits per heavy atom. The maximum atomic E-state index is 14.0. The van der Waals surface area contributed by atoms with Gasteiger partial charge in [0.05, 0.1) is 5.69 Å². The van der Waals surface area contributed by atoms with E-state index in [1.54, 1.807) is 4.90 Å². The minimum atomic E-state index is -0.913. The lowest BCUT2D eigenvalue weighted by molar-refractivity contribution is -0.143. The third-order valence-electron chi connectivity index (χ3n) is 6.07. The first-order chi connectivity index (χ1) is 16.8. The summed E-state index contributed by atoms with van der Waals surface area (Å²) in [4.78, 5) is 42.0. The van der Waals surface area contributed by atoms with Crippen molar-refractivity contribution in [3.8, 4) is 0 Å². The number of nitrogens with zero attached hydrogens (tertiary/aromatic N) is 2. The van der Waals surface area contributed by atoms with Crippen LogP contribution in [0, 0.1) is 11.6 Å². The third-order valence-corrected chi connectivity index (χ3v) is 6.07. The fourth-order valence-corrected chi connectivity index (χ4v) is 4.18. The molecule has 2 N–H and O–H groups in total. The average Bonchev–Trinajstić information content (AvgIpc) is 2.84. The summed E-state index contributed by atoms with van der Waals surface area (Å²) in [5, 5.41) is 4.99. The van der Waals surface area contributed by atoms with Crippen molar-refractivity contribution >= 4 is 23.5 Å². The number of benzene rings is 2. The zero-order valence-electron chi connectivity index (χ0n) is 20.1. The fraction of sp³-hybridized carbons (Fsp3) is 0.423. The molecule has 35 heavy (non-hydrogen) atoms. The molecule has 3 rings (SSSR count). The van der Waals surface area contributed by atoms with Crippen molar-refractivity contribution in [2.24, 2.45) is 0 Å². The van der Waals surface area contributed by atoms with Gasteiger partial charge in [-0.15, -0.1) is 0 Å². The molecule has 0 radical (unpaired) electrons. The number of rotatable bonds is 8. The van der Waals surface area contributed by atoms with Crippen molar-refractivity contribution in [1.82, 2.24) is 15.1 Å². The topological polar surface area (TPSA) is 81.8 Å². The minimum absolute atomic E-state index is 0.0890. The second-order valence-electron chi connectivity index (χ2n) is 8.79. The zero-order chi connectivity index (χ0) is 25.4. The summed E-state index contributed by atoms with van der Waals surface area (Å²) in [7, 11) is 0. The van der Waals surface area contributed by atoms with Crippen molar-refractivity contribution in [2.45, 2.75) is 51.6 Å². The second-order valence-corrected chi connectivity index (χ2v) is 8.79. The first kappa shape index (κ1) is 26.1. The van der Waals surface area contributed by atoms with E-state index in [0.717, 1.165) is 30.5 Å². The summed E-state index contributed by atoms with van der Waals surface area (Å²) in [6.45, 7) is 5.10. The van der Waals surface area contributed by atoms with Gasteiger partial charge in [-0.2, -0.15) is 0 Å². The Balaban J connectivity index is 1.70. The van der Waals surface area contributed by atoms with Gasteiger partial charge >= 0.3 is 6.03 Å². The van der Waals surface area contributed by atoms with Gasteiger partial charge in [-0.25, -0.2) is 13.6 Å². The minimum Gasteiger partial charge on any atom is -0.337 e. The predicted octanol–water partition coefficient (Wildman–Crippen LogP) is 3.95. The molecule has 7 nitrogen and oxygen atoms in total. The number of piperazine rings is 1. The number of hydrogen-bond acceptors (Lipinski definition) is 3. The Kier molecular flexibility index (Phi) is 9.17. The van der Waals surface area contributed by atoms with Gasteiger partial charge < -0.3 is 20.4 Å². The fourth-order valence-electron chi connectivity index (χ4n) is 4.18. The molecule has 0 saturated carbocycles. The molecule has 1 heterocycles. The summed E-state index contributed by atoms with van der Waals surface area (Å²) in [5.41, 5.74) is 0.656. The highest BCUT2D eigenvalue weighted by atomic mass is 19.1. The van der Waals surface area contributed by atoms with Crippen LogP contribution in [0.3, 0.4) is 0 Å². The standard InChI is InChI=1S/C26H32F2N4O3/c1-3-4-10-24(33)32-14-13-31(17-18(32)2)25(34)23(15-19-8-6-5-7-9-19)30-26(35)29-22-12-11-20(27)16-21(22)28/h5-9,11-12,16,18,23H,3-4,10,13-15,17H2,1-2H3,(H2,29,30,35). The molecule has 0 spiro atoms. The van der Waals surface area contributed by atoms with E-state index in [1.165, 1.54) is 0 Å². The molecule has 1 saturated heterocycles. The molecule has 2 aromatic rings. The van der Waals surface area contributed by atoms with Crippen molar-refractivity contribution < 1.29 is 23.2 Å². The molecular formula is C26H32F2N4O3. The van der Waals surface area contributed by atoms with E-state index < -0.39 is 23.7 Å². The summed E-state index contributed by atoms with van der Waals surface area (Å²) in [6, 6.07) is 10.3. The number of halogens is 2. The van der Waals surface area contributed by atoms with E-state index in [0.29, 0.717) is 32.1 Å². The molecule has 1 fully saturated rings. The first-order valence-electron chi connectivity index (χ1n) is 11.9. The molecule has 0 aromatic heterocycles. The lowest BCUT2D eigenvalue weighted by Gasteiger charge is -2.41. The number of unbranched alkanes of at least 4 members (excludes halogenated alkanes) is 1. The van der Waals surface area contributed by atoms with Crippen molar-refractivity contribution in [2.75, 3.05) is 25.0 Å². The molecule has 2 atom stereocenters. The molecule has 1 aliphatic heterocycles. The second kappa shape index (κ2) is 12.3. The van der Waals surface area contributed by atoms with Crippen molar-refractivity contribution in [3.63, 3.8) is 0 Å². The third kappa shape index (κ3) is 7.24. The van der Waals surface area contributed by atoms with Crippen LogP contribution in [0.25, 0.3) is 0 Å². The van der Waals surface area contributed by atoms with Gasteiger partial charge in [0.25, 0.3) is 0 Å². The predicted molar refractivity (Wildman–Crippen MR) is 130 cm³/mol. The molecule has 4 amide bonds. The lowest BCUT2D eigenvalue weighted by Crippen LogP contribution is -2.59. The van der Waals surface area contributed by atoms with Crippen LogP contribution in [0.1, 0.15) is 38.7 Å². The molecule has 9 heteroatoms. The quantitative estimate of drug-likeness (QED) is 0.593. The van der Waals surface area contributed by atoms with Gasteiger partial charge in [-0.3, -0.25) is 9.59 Å². The summed E-state index contributed by atoms with van der Waals surface area (Å²) in [6.07, 6.45) is 2.50. The lowest BCUT2D eigenvalue weighted by atomic mass is 10.0. The highest BCUT2D eigenvalue weighted by Crippen LogP contribution is 2.17. The molecule has 2 aromatic carbocycles. The van der Waals surface area contributed by atoms with Crippen molar-refractivity contribution in [1.29, 1.82) is 0 Å². The monoisotopic (exact) mass is 486 g/mol. The number of urea groups is 1. The Morgan fingerprint density at radius 1 is 1.09 bits per heavy atom. The van der Waals surface area contributed by atoms with Gasteiger partial charge in [0.2, 0.25) is 11.8 Å². The number of amides is 4. The van der Waals surface area contributed by atoms with Gasteiger partial charge in [0.1, 0.15) is 17.7 Å². The van der Waals surface area contributed by atoms with Crippen LogP contribution in [-0.2, 0) is 16.0 Å². The summed E-state index contributed by atoms with van der Waals surface area (Å²) < 4.78 is 27.2. The van der Waals surface area contributed by atoms with Gasteiger partial charge in [-0.1, -0.05) is 43.7 Å². The van der Waals surface area contributed by atoms with Gasteiger partial charge in [-0.05, 0) is 31.0 Å². The first-order valence-corrected chi connectivity index (χ1v) is 11.9. The van der Waals surface area contributed by atoms with Crippen LogP contribution in [-0.4, -0.2) is 59.4 Å². The highest BCUT2D eigenvalue weighted by molar-refractivity contribution is 5.94. The van der Waals surface area contributed by atoms with E-state index in [1.807, 2.05) is 49.1 Å². The van der Waals surface area contributed by atoms with E-state index in [4.69, 9.17) is 0 Å². The smallest absolute Gasteiger partial charge is 0.319 e. The molecule has 188 valence electrons. The van der Waals surface area contributed by atoms with Crippen LogP contribution < -0.4 is 10.6 Å². The largest absolute Gasteiger partial charge is 0.337 e. The normalized spacial score (nSPS) is 16.5. The molecular weight excluding hydrogens is 454 g/mol. The van der Waals surface area contributed by atoms with Crippen molar-refractivity contribution in [3.05, 3.63) is 65.7 Å². The van der Waals surface area contributed by atoms with Crippen LogP contribution in [0.5, 0.6) is 0 Å². The summed E-state index contributed by atoms with van der Waals surface area (Å²) >= 11 is 0. The number of hydrogen-bond donors (Lipinski definition) is 2. The number of nitrogens with one attached hydrogen (secondary N) is 2. The number of anilines is 1. The van der Waals surface area contributed by atoms with E-state index >= 15 is 0 Å².